The van der Waals surface area contributed by atoms with Crippen molar-refractivity contribution in [2.45, 2.75) is 19.0 Å². The van der Waals surface area contributed by atoms with Crippen LogP contribution in [0.15, 0.2) is 121 Å². The lowest BCUT2D eigenvalue weighted by Gasteiger charge is -2.27. The molecular weight excluding hydrogens is 444 g/mol. The first-order valence-corrected chi connectivity index (χ1v) is 16.5. The lowest BCUT2D eigenvalue weighted by Crippen LogP contribution is -2.58. The zero-order valence-corrected chi connectivity index (χ0v) is 22.0. The second-order valence-corrected chi connectivity index (χ2v) is 13.3. The lowest BCUT2D eigenvalue weighted by molar-refractivity contribution is 0.343. The largest absolute Gasteiger partial charge is 0.408 e. The van der Waals surface area contributed by atoms with Crippen molar-refractivity contribution in [3.05, 3.63) is 132 Å². The first-order valence-electron chi connectivity index (χ1n) is 11.1. The SMILES string of the molecule is CCO[Si](C)(c1ccccc1)c1ccccc1.Cl[SiH2]C(c1ccccc1)c1ccccc1. The average Bonchev–Trinajstić information content (AvgIpc) is 2.87. The van der Waals surface area contributed by atoms with Crippen LogP contribution in [0.2, 0.25) is 6.55 Å². The van der Waals surface area contributed by atoms with Crippen molar-refractivity contribution in [1.29, 1.82) is 0 Å². The van der Waals surface area contributed by atoms with Gasteiger partial charge in [-0.05, 0) is 35.0 Å². The monoisotopic (exact) mass is 474 g/mol. The second kappa shape index (κ2) is 12.6. The van der Waals surface area contributed by atoms with Crippen molar-refractivity contribution < 1.29 is 4.43 Å². The lowest BCUT2D eigenvalue weighted by atomic mass is 10.0. The van der Waals surface area contributed by atoms with Gasteiger partial charge in [-0.3, -0.25) is 0 Å². The number of hydrogen-bond acceptors (Lipinski definition) is 1. The molecule has 0 aliphatic rings. The molecule has 0 N–H and O–H groups in total. The summed E-state index contributed by atoms with van der Waals surface area (Å²) in [5, 5.41) is 2.65. The number of rotatable bonds is 7. The highest BCUT2D eigenvalue weighted by molar-refractivity contribution is 6.96. The number of hydrogen-bond donors (Lipinski definition) is 0. The Balaban J connectivity index is 0.000000182. The van der Waals surface area contributed by atoms with Crippen molar-refractivity contribution in [2.75, 3.05) is 6.61 Å². The zero-order chi connectivity index (χ0) is 22.7. The van der Waals surface area contributed by atoms with Crippen molar-refractivity contribution >= 4 is 38.6 Å². The highest BCUT2D eigenvalue weighted by Gasteiger charge is 2.33. The van der Waals surface area contributed by atoms with Gasteiger partial charge in [0.05, 0.1) is 0 Å². The van der Waals surface area contributed by atoms with Crippen molar-refractivity contribution in [3.63, 3.8) is 0 Å². The molecule has 4 heteroatoms. The number of halogens is 1. The summed E-state index contributed by atoms with van der Waals surface area (Å²) in [6.45, 7) is 5.09. The van der Waals surface area contributed by atoms with Crippen LogP contribution in [0.5, 0.6) is 0 Å². The highest BCUT2D eigenvalue weighted by atomic mass is 35.6. The van der Waals surface area contributed by atoms with E-state index in [-0.39, 0.29) is 0 Å². The Bertz CT molecular complexity index is 949. The summed E-state index contributed by atoms with van der Waals surface area (Å²) < 4.78 is 6.14. The van der Waals surface area contributed by atoms with Crippen molar-refractivity contribution in [1.82, 2.24) is 0 Å². The van der Waals surface area contributed by atoms with Crippen molar-refractivity contribution in [3.8, 4) is 0 Å². The first kappa shape index (κ1) is 24.2. The van der Waals surface area contributed by atoms with E-state index >= 15 is 0 Å². The Hall–Kier alpha value is -2.44. The first-order chi connectivity index (χ1) is 15.7. The fourth-order valence-electron chi connectivity index (χ4n) is 3.88. The van der Waals surface area contributed by atoms with Crippen LogP contribution in [-0.4, -0.2) is 23.8 Å². The summed E-state index contributed by atoms with van der Waals surface area (Å²) in [7, 11) is -2.60. The van der Waals surface area contributed by atoms with Gasteiger partial charge in [0.1, 0.15) is 8.83 Å². The van der Waals surface area contributed by atoms with Gasteiger partial charge < -0.3 is 4.43 Å². The molecule has 0 aromatic heterocycles. The van der Waals surface area contributed by atoms with Gasteiger partial charge in [-0.2, -0.15) is 11.1 Å². The topological polar surface area (TPSA) is 9.23 Å². The molecule has 0 amide bonds. The summed E-state index contributed by atoms with van der Waals surface area (Å²) in [5.74, 6) is 0. The van der Waals surface area contributed by atoms with Gasteiger partial charge in [-0.25, -0.2) is 0 Å². The molecule has 0 saturated carbocycles. The molecule has 0 spiro atoms. The Morgan fingerprint density at radius 3 is 1.31 bits per heavy atom. The van der Waals surface area contributed by atoms with Crippen LogP contribution < -0.4 is 10.4 Å². The van der Waals surface area contributed by atoms with E-state index in [9.17, 15) is 0 Å². The summed E-state index contributed by atoms with van der Waals surface area (Å²) in [5.41, 5.74) is 3.12. The maximum atomic E-state index is 6.18. The van der Waals surface area contributed by atoms with Crippen LogP contribution in [0.1, 0.15) is 23.6 Å². The fraction of sp³-hybridized carbons (Fsp3) is 0.143. The normalized spacial score (nSPS) is 11.4. The molecule has 0 aliphatic heterocycles. The summed E-state index contributed by atoms with van der Waals surface area (Å²) in [6.07, 6.45) is 0. The molecule has 0 radical (unpaired) electrons. The molecule has 0 atom stereocenters. The third-order valence-electron chi connectivity index (χ3n) is 5.64. The van der Waals surface area contributed by atoms with Crippen LogP contribution in [-0.2, 0) is 4.43 Å². The van der Waals surface area contributed by atoms with Crippen LogP contribution in [0.4, 0.5) is 0 Å². The van der Waals surface area contributed by atoms with Crippen LogP contribution in [0, 0.1) is 0 Å². The molecule has 0 unspecified atom stereocenters. The smallest absolute Gasteiger partial charge is 0.252 e. The standard InChI is InChI=1S/C15H18OSi.C13H13ClSi/c1-3-16-17(2,14-10-6-4-7-11-14)15-12-8-5-9-13-15;14-15-13(11-7-3-1-4-8-11)12-9-5-2-6-10-12/h4-13H,3H2,1-2H3;1-10,13H,15H2. The third-order valence-corrected chi connectivity index (χ3v) is 11.6. The summed E-state index contributed by atoms with van der Waals surface area (Å²) in [4.78, 5) is 0. The van der Waals surface area contributed by atoms with Gasteiger partial charge in [-0.15, -0.1) is 0 Å². The second-order valence-electron chi connectivity index (χ2n) is 7.73. The molecule has 0 bridgehead atoms. The van der Waals surface area contributed by atoms with E-state index in [2.05, 4.69) is 123 Å². The van der Waals surface area contributed by atoms with E-state index in [1.807, 2.05) is 12.1 Å². The van der Waals surface area contributed by atoms with Crippen molar-refractivity contribution in [2.24, 2.45) is 0 Å². The van der Waals surface area contributed by atoms with Crippen LogP contribution in [0.3, 0.4) is 0 Å². The minimum Gasteiger partial charge on any atom is -0.408 e. The van der Waals surface area contributed by atoms with Gasteiger partial charge in [0.2, 0.25) is 0 Å². The molecule has 1 nitrogen and oxygen atoms in total. The van der Waals surface area contributed by atoms with Gasteiger partial charge in [0, 0.05) is 12.1 Å². The minimum atomic E-state index is -2.00. The van der Waals surface area contributed by atoms with Crippen LogP contribution >= 0.6 is 11.1 Å². The Morgan fingerprint density at radius 1 is 0.656 bits per heavy atom. The van der Waals surface area contributed by atoms with E-state index in [0.29, 0.717) is 5.54 Å². The Morgan fingerprint density at radius 2 is 1.00 bits per heavy atom. The quantitative estimate of drug-likeness (QED) is 0.253. The van der Waals surface area contributed by atoms with Crippen LogP contribution in [0.25, 0.3) is 0 Å². The molecule has 32 heavy (non-hydrogen) atoms. The molecule has 4 rings (SSSR count). The molecule has 4 aromatic rings. The van der Waals surface area contributed by atoms with E-state index in [1.165, 1.54) is 21.5 Å². The maximum Gasteiger partial charge on any atom is 0.252 e. The van der Waals surface area contributed by atoms with E-state index in [4.69, 9.17) is 15.5 Å². The molecule has 164 valence electrons. The highest BCUT2D eigenvalue weighted by Crippen LogP contribution is 2.23. The summed E-state index contributed by atoms with van der Waals surface area (Å²) in [6, 6.07) is 42.2. The molecule has 4 aromatic carbocycles. The predicted molar refractivity (Wildman–Crippen MR) is 145 cm³/mol. The molecule has 0 aliphatic carbocycles. The zero-order valence-electron chi connectivity index (χ0n) is 18.8. The summed E-state index contributed by atoms with van der Waals surface area (Å²) >= 11 is 6.18. The van der Waals surface area contributed by atoms with Gasteiger partial charge >= 0.3 is 0 Å². The molecule has 0 saturated heterocycles. The van der Waals surface area contributed by atoms with Gasteiger partial charge in [0.15, 0.2) is 0 Å². The predicted octanol–water partition coefficient (Wildman–Crippen LogP) is 5.51. The Kier molecular flexibility index (Phi) is 9.50. The fourth-order valence-corrected chi connectivity index (χ4v) is 8.75. The number of benzene rings is 4. The third kappa shape index (κ3) is 6.30. The van der Waals surface area contributed by atoms with E-state index in [1.54, 1.807) is 0 Å². The van der Waals surface area contributed by atoms with Gasteiger partial charge in [-0.1, -0.05) is 121 Å². The Labute approximate surface area is 200 Å². The molecule has 0 fully saturated rings. The maximum absolute atomic E-state index is 6.18. The molecular formula is C28H31ClOSi2. The average molecular weight is 475 g/mol. The molecule has 0 heterocycles. The minimum absolute atomic E-state index is 0.439. The van der Waals surface area contributed by atoms with E-state index < -0.39 is 17.1 Å². The van der Waals surface area contributed by atoms with Gasteiger partial charge in [0.25, 0.3) is 8.32 Å². The van der Waals surface area contributed by atoms with E-state index in [0.717, 1.165) is 6.61 Å².